The molecule has 1 aromatic heterocycles. The first-order valence-electron chi connectivity index (χ1n) is 11.0. The van der Waals surface area contributed by atoms with E-state index in [9.17, 15) is 9.59 Å². The maximum absolute atomic E-state index is 13.3. The number of nitrogens with two attached hydrogens (primary N) is 1. The van der Waals surface area contributed by atoms with Crippen LogP contribution >= 0.6 is 0 Å². The number of rotatable bonds is 7. The summed E-state index contributed by atoms with van der Waals surface area (Å²) in [5.74, 6) is -0.280. The second kappa shape index (κ2) is 9.83. The van der Waals surface area contributed by atoms with Gasteiger partial charge >= 0.3 is 0 Å². The summed E-state index contributed by atoms with van der Waals surface area (Å²) in [5, 5.41) is 0. The lowest BCUT2D eigenvalue weighted by molar-refractivity contribution is -0.153. The zero-order valence-corrected chi connectivity index (χ0v) is 18.6. The number of carbonyl (C=O) groups excluding carboxylic acids is 2. The van der Waals surface area contributed by atoms with Crippen molar-refractivity contribution >= 4 is 11.8 Å². The molecule has 7 nitrogen and oxygen atoms in total. The fourth-order valence-corrected chi connectivity index (χ4v) is 4.13. The van der Waals surface area contributed by atoms with Crippen LogP contribution < -0.4 is 10.5 Å². The fourth-order valence-electron chi connectivity index (χ4n) is 4.13. The molecule has 0 radical (unpaired) electrons. The number of carbonyl (C=O) groups is 2. The summed E-state index contributed by atoms with van der Waals surface area (Å²) < 4.78 is 11.6. The van der Waals surface area contributed by atoms with Crippen LogP contribution in [0, 0.1) is 0 Å². The number of pyridine rings is 1. The van der Waals surface area contributed by atoms with Crippen molar-refractivity contribution < 1.29 is 19.1 Å². The van der Waals surface area contributed by atoms with Crippen molar-refractivity contribution in [3.8, 4) is 16.9 Å². The van der Waals surface area contributed by atoms with Crippen LogP contribution in [0.25, 0.3) is 11.1 Å². The predicted octanol–water partition coefficient (Wildman–Crippen LogP) is 3.09. The molecule has 2 amide bonds. The van der Waals surface area contributed by atoms with Gasteiger partial charge in [-0.1, -0.05) is 36.4 Å². The van der Waals surface area contributed by atoms with Gasteiger partial charge in [-0.3, -0.25) is 14.6 Å². The molecule has 170 valence electrons. The van der Waals surface area contributed by atoms with Crippen molar-refractivity contribution in [2.24, 2.45) is 5.73 Å². The third-order valence-corrected chi connectivity index (χ3v) is 5.77. The number of morpholine rings is 1. The normalized spacial score (nSPS) is 18.0. The van der Waals surface area contributed by atoms with E-state index in [1.165, 1.54) is 0 Å². The lowest BCUT2D eigenvalue weighted by atomic mass is 9.90. The van der Waals surface area contributed by atoms with Gasteiger partial charge in [-0.2, -0.15) is 0 Å². The van der Waals surface area contributed by atoms with Gasteiger partial charge in [-0.05, 0) is 47.9 Å². The minimum absolute atomic E-state index is 0.0705. The molecular weight excluding hydrogens is 418 g/mol. The highest BCUT2D eigenvalue weighted by Gasteiger charge is 2.44. The second-order valence-corrected chi connectivity index (χ2v) is 7.98. The van der Waals surface area contributed by atoms with Crippen molar-refractivity contribution in [2.75, 3.05) is 26.3 Å². The Morgan fingerprint density at radius 1 is 1.09 bits per heavy atom. The average molecular weight is 446 g/mol. The smallest absolute Gasteiger partial charge is 0.257 e. The van der Waals surface area contributed by atoms with Crippen LogP contribution in [0.5, 0.6) is 5.75 Å². The number of amides is 2. The Labute approximate surface area is 193 Å². The minimum Gasteiger partial charge on any atom is -0.493 e. The number of nitrogens with zero attached hydrogens (tertiary/aromatic N) is 2. The van der Waals surface area contributed by atoms with Gasteiger partial charge in [-0.15, -0.1) is 0 Å². The monoisotopic (exact) mass is 445 g/mol. The van der Waals surface area contributed by atoms with E-state index in [0.717, 1.165) is 16.7 Å². The molecule has 0 spiro atoms. The van der Waals surface area contributed by atoms with E-state index in [1.807, 2.05) is 49.4 Å². The summed E-state index contributed by atoms with van der Waals surface area (Å²) in [6.07, 6.45) is 3.74. The number of ether oxygens (including phenoxy) is 2. The molecule has 0 bridgehead atoms. The maximum Gasteiger partial charge on any atom is 0.257 e. The molecule has 1 aliphatic rings. The molecule has 4 rings (SSSR count). The van der Waals surface area contributed by atoms with E-state index >= 15 is 0 Å². The zero-order valence-electron chi connectivity index (χ0n) is 18.6. The Kier molecular flexibility index (Phi) is 6.70. The molecule has 0 aliphatic carbocycles. The first-order valence-corrected chi connectivity index (χ1v) is 11.0. The standard InChI is InChI=1S/C26H27N3O4/c1-2-32-23-9-4-3-8-22(23)24(30)29-14-15-33-26(18-29,25(27)31)17-19-6-5-7-21(16-19)20-10-12-28-13-11-20/h3-13,16H,2,14-15,17-18H2,1H3,(H2,27,31). The van der Waals surface area contributed by atoms with Crippen molar-refractivity contribution in [3.05, 3.63) is 84.2 Å². The molecule has 7 heteroatoms. The molecule has 0 saturated carbocycles. The van der Waals surface area contributed by atoms with Gasteiger partial charge in [0.1, 0.15) is 5.75 Å². The summed E-state index contributed by atoms with van der Waals surface area (Å²) in [6, 6.07) is 18.8. The summed E-state index contributed by atoms with van der Waals surface area (Å²) >= 11 is 0. The number of primary amides is 1. The van der Waals surface area contributed by atoms with Crippen LogP contribution in [-0.4, -0.2) is 53.6 Å². The van der Waals surface area contributed by atoms with Crippen LogP contribution in [0.2, 0.25) is 0 Å². The molecule has 2 aromatic carbocycles. The van der Waals surface area contributed by atoms with Gasteiger partial charge < -0.3 is 20.1 Å². The number of benzene rings is 2. The van der Waals surface area contributed by atoms with Crippen molar-refractivity contribution in [1.82, 2.24) is 9.88 Å². The molecule has 2 heterocycles. The van der Waals surface area contributed by atoms with Gasteiger partial charge in [0.15, 0.2) is 5.60 Å². The Morgan fingerprint density at radius 3 is 2.64 bits per heavy atom. The average Bonchev–Trinajstić information content (AvgIpc) is 2.85. The van der Waals surface area contributed by atoms with E-state index in [-0.39, 0.29) is 25.5 Å². The van der Waals surface area contributed by atoms with Crippen LogP contribution in [0.3, 0.4) is 0 Å². The van der Waals surface area contributed by atoms with Crippen LogP contribution in [0.15, 0.2) is 73.1 Å². The SMILES string of the molecule is CCOc1ccccc1C(=O)N1CCOC(Cc2cccc(-c3ccncc3)c2)(C(N)=O)C1. The summed E-state index contributed by atoms with van der Waals surface area (Å²) in [5.41, 5.74) is 7.91. The maximum atomic E-state index is 13.3. The Bertz CT molecular complexity index is 1140. The van der Waals surface area contributed by atoms with Gasteiger partial charge in [-0.25, -0.2) is 0 Å². The first kappa shape index (κ1) is 22.5. The first-order chi connectivity index (χ1) is 16.0. The number of aromatic nitrogens is 1. The number of para-hydroxylation sites is 1. The van der Waals surface area contributed by atoms with Crippen LogP contribution in [-0.2, 0) is 16.0 Å². The van der Waals surface area contributed by atoms with Crippen LogP contribution in [0.1, 0.15) is 22.8 Å². The second-order valence-electron chi connectivity index (χ2n) is 7.98. The highest BCUT2D eigenvalue weighted by Crippen LogP contribution is 2.28. The topological polar surface area (TPSA) is 94.8 Å². The largest absolute Gasteiger partial charge is 0.493 e. The van der Waals surface area contributed by atoms with Gasteiger partial charge in [0, 0.05) is 25.4 Å². The quantitative estimate of drug-likeness (QED) is 0.603. The molecule has 1 atom stereocenters. The third kappa shape index (κ3) is 4.88. The van der Waals surface area contributed by atoms with Crippen molar-refractivity contribution in [3.63, 3.8) is 0 Å². The number of hydrogen-bond donors (Lipinski definition) is 1. The van der Waals surface area contributed by atoms with Gasteiger partial charge in [0.05, 0.1) is 25.3 Å². The summed E-state index contributed by atoms with van der Waals surface area (Å²) in [4.78, 5) is 31.7. The number of hydrogen-bond acceptors (Lipinski definition) is 5. The lowest BCUT2D eigenvalue weighted by Crippen LogP contribution is -2.61. The molecule has 1 fully saturated rings. The molecule has 3 aromatic rings. The van der Waals surface area contributed by atoms with E-state index in [0.29, 0.717) is 24.5 Å². The lowest BCUT2D eigenvalue weighted by Gasteiger charge is -2.41. The third-order valence-electron chi connectivity index (χ3n) is 5.77. The van der Waals surface area contributed by atoms with E-state index in [1.54, 1.807) is 35.5 Å². The summed E-state index contributed by atoms with van der Waals surface area (Å²) in [6.45, 7) is 2.97. The highest BCUT2D eigenvalue weighted by molar-refractivity contribution is 5.97. The highest BCUT2D eigenvalue weighted by atomic mass is 16.5. The van der Waals surface area contributed by atoms with E-state index in [4.69, 9.17) is 15.2 Å². The minimum atomic E-state index is -1.31. The van der Waals surface area contributed by atoms with Crippen molar-refractivity contribution in [1.29, 1.82) is 0 Å². The Balaban J connectivity index is 1.59. The molecule has 1 unspecified atom stereocenters. The van der Waals surface area contributed by atoms with Crippen LogP contribution in [0.4, 0.5) is 0 Å². The van der Waals surface area contributed by atoms with Gasteiger partial charge in [0.25, 0.3) is 11.8 Å². The Morgan fingerprint density at radius 2 is 1.88 bits per heavy atom. The van der Waals surface area contributed by atoms with E-state index in [2.05, 4.69) is 4.98 Å². The van der Waals surface area contributed by atoms with E-state index < -0.39 is 11.5 Å². The fraction of sp³-hybridized carbons (Fsp3) is 0.269. The van der Waals surface area contributed by atoms with Crippen molar-refractivity contribution in [2.45, 2.75) is 18.9 Å². The Hall–Kier alpha value is -3.71. The molecule has 33 heavy (non-hydrogen) atoms. The molecule has 2 N–H and O–H groups in total. The zero-order chi connectivity index (χ0) is 23.3. The molecule has 1 aliphatic heterocycles. The predicted molar refractivity (Wildman–Crippen MR) is 125 cm³/mol. The van der Waals surface area contributed by atoms with Gasteiger partial charge in [0.2, 0.25) is 0 Å². The molecular formula is C26H27N3O4. The molecule has 1 saturated heterocycles. The summed E-state index contributed by atoms with van der Waals surface area (Å²) in [7, 11) is 0.